The van der Waals surface area contributed by atoms with Crippen molar-refractivity contribution < 1.29 is 4.79 Å². The quantitative estimate of drug-likeness (QED) is 0.577. The van der Waals surface area contributed by atoms with Crippen molar-refractivity contribution >= 4 is 28.6 Å². The summed E-state index contributed by atoms with van der Waals surface area (Å²) in [6.07, 6.45) is 1.54. The van der Waals surface area contributed by atoms with Crippen LogP contribution in [0.5, 0.6) is 0 Å². The predicted octanol–water partition coefficient (Wildman–Crippen LogP) is 3.43. The first-order valence-corrected chi connectivity index (χ1v) is 8.30. The minimum Gasteiger partial charge on any atom is -0.351 e. The SMILES string of the molecule is C[C@@H](Sc1ncnc2ccccc12)C(=O)NCc1ccccc1. The summed E-state index contributed by atoms with van der Waals surface area (Å²) >= 11 is 1.45. The van der Waals surface area contributed by atoms with Crippen molar-refractivity contribution in [1.29, 1.82) is 0 Å². The lowest BCUT2D eigenvalue weighted by Crippen LogP contribution is -2.30. The van der Waals surface area contributed by atoms with Gasteiger partial charge >= 0.3 is 0 Å². The van der Waals surface area contributed by atoms with Gasteiger partial charge in [-0.1, -0.05) is 60.3 Å². The van der Waals surface area contributed by atoms with Gasteiger partial charge in [-0.2, -0.15) is 0 Å². The lowest BCUT2D eigenvalue weighted by atomic mass is 10.2. The van der Waals surface area contributed by atoms with E-state index < -0.39 is 0 Å². The summed E-state index contributed by atoms with van der Waals surface area (Å²) < 4.78 is 0. The minimum absolute atomic E-state index is 0.00143. The Hall–Kier alpha value is -2.40. The van der Waals surface area contributed by atoms with Gasteiger partial charge < -0.3 is 5.32 Å². The molecule has 116 valence electrons. The Labute approximate surface area is 139 Å². The van der Waals surface area contributed by atoms with Crippen LogP contribution >= 0.6 is 11.8 Å². The Morgan fingerprint density at radius 2 is 1.83 bits per heavy atom. The van der Waals surface area contributed by atoms with Crippen molar-refractivity contribution in [3.8, 4) is 0 Å². The highest BCUT2D eigenvalue weighted by atomic mass is 32.2. The summed E-state index contributed by atoms with van der Waals surface area (Å²) in [7, 11) is 0. The molecule has 4 nitrogen and oxygen atoms in total. The molecule has 0 fully saturated rings. The van der Waals surface area contributed by atoms with Crippen molar-refractivity contribution in [3.05, 3.63) is 66.5 Å². The van der Waals surface area contributed by atoms with Gasteiger partial charge in [0.1, 0.15) is 11.4 Å². The zero-order valence-corrected chi connectivity index (χ0v) is 13.6. The first-order chi connectivity index (χ1) is 11.2. The van der Waals surface area contributed by atoms with Crippen LogP contribution < -0.4 is 5.32 Å². The Morgan fingerprint density at radius 1 is 1.09 bits per heavy atom. The van der Waals surface area contributed by atoms with Crippen LogP contribution in [0.2, 0.25) is 0 Å². The summed E-state index contributed by atoms with van der Waals surface area (Å²) in [5.41, 5.74) is 1.98. The molecule has 3 rings (SSSR count). The molecule has 5 heteroatoms. The van der Waals surface area contributed by atoms with E-state index >= 15 is 0 Å². The molecule has 1 amide bonds. The molecular weight excluding hydrogens is 306 g/mol. The normalized spacial score (nSPS) is 12.0. The first kappa shape index (κ1) is 15.5. The van der Waals surface area contributed by atoms with Gasteiger partial charge in [0.05, 0.1) is 10.8 Å². The molecule has 0 aliphatic carbocycles. The average Bonchev–Trinajstić information content (AvgIpc) is 2.61. The average molecular weight is 323 g/mol. The van der Waals surface area contributed by atoms with Crippen LogP contribution in [-0.4, -0.2) is 21.1 Å². The molecule has 0 saturated heterocycles. The van der Waals surface area contributed by atoms with Crippen LogP contribution in [0.1, 0.15) is 12.5 Å². The van der Waals surface area contributed by atoms with Crippen molar-refractivity contribution in [1.82, 2.24) is 15.3 Å². The zero-order valence-electron chi connectivity index (χ0n) is 12.8. The Bertz CT molecular complexity index is 802. The molecule has 0 bridgehead atoms. The van der Waals surface area contributed by atoms with Gasteiger partial charge in [-0.3, -0.25) is 4.79 Å². The van der Waals surface area contributed by atoms with Crippen molar-refractivity contribution in [2.45, 2.75) is 23.7 Å². The van der Waals surface area contributed by atoms with Crippen molar-refractivity contribution in [2.75, 3.05) is 0 Å². The minimum atomic E-state index is -0.225. The third-order valence-electron chi connectivity index (χ3n) is 3.47. The fourth-order valence-electron chi connectivity index (χ4n) is 2.22. The number of thioether (sulfide) groups is 1. The Balaban J connectivity index is 1.66. The van der Waals surface area contributed by atoms with E-state index in [4.69, 9.17) is 0 Å². The summed E-state index contributed by atoms with van der Waals surface area (Å²) in [6, 6.07) is 17.7. The van der Waals surface area contributed by atoms with Crippen LogP contribution in [0.25, 0.3) is 10.9 Å². The molecule has 3 aromatic rings. The lowest BCUT2D eigenvalue weighted by molar-refractivity contribution is -0.120. The van der Waals surface area contributed by atoms with Crippen LogP contribution in [0.4, 0.5) is 0 Å². The molecular formula is C18H17N3OS. The van der Waals surface area contributed by atoms with Gasteiger partial charge in [-0.25, -0.2) is 9.97 Å². The highest BCUT2D eigenvalue weighted by Gasteiger charge is 2.16. The standard InChI is InChI=1S/C18H17N3OS/c1-13(17(22)19-11-14-7-3-2-4-8-14)23-18-15-9-5-6-10-16(15)20-12-21-18/h2-10,12-13H,11H2,1H3,(H,19,22)/t13-/m1/s1. The van der Waals surface area contributed by atoms with E-state index in [-0.39, 0.29) is 11.2 Å². The second-order valence-corrected chi connectivity index (χ2v) is 6.49. The molecule has 1 heterocycles. The smallest absolute Gasteiger partial charge is 0.233 e. The van der Waals surface area contributed by atoms with E-state index in [1.54, 1.807) is 6.33 Å². The number of benzene rings is 2. The van der Waals surface area contributed by atoms with Crippen molar-refractivity contribution in [2.24, 2.45) is 0 Å². The monoisotopic (exact) mass is 323 g/mol. The number of para-hydroxylation sites is 1. The van der Waals surface area contributed by atoms with E-state index in [0.717, 1.165) is 21.5 Å². The van der Waals surface area contributed by atoms with Gasteiger partial charge in [-0.15, -0.1) is 0 Å². The van der Waals surface area contributed by atoms with Crippen LogP contribution in [0.3, 0.4) is 0 Å². The van der Waals surface area contributed by atoms with Gasteiger partial charge in [0.2, 0.25) is 5.91 Å². The molecule has 1 atom stereocenters. The fourth-order valence-corrected chi connectivity index (χ4v) is 3.16. The number of rotatable bonds is 5. The van der Waals surface area contributed by atoms with E-state index in [0.29, 0.717) is 6.54 Å². The number of hydrogen-bond acceptors (Lipinski definition) is 4. The number of amides is 1. The maximum atomic E-state index is 12.3. The summed E-state index contributed by atoms with van der Waals surface area (Å²) in [4.78, 5) is 20.8. The second kappa shape index (κ2) is 7.24. The highest BCUT2D eigenvalue weighted by molar-refractivity contribution is 8.00. The molecule has 0 radical (unpaired) electrons. The highest BCUT2D eigenvalue weighted by Crippen LogP contribution is 2.27. The second-order valence-electron chi connectivity index (χ2n) is 5.16. The largest absolute Gasteiger partial charge is 0.351 e. The number of hydrogen-bond donors (Lipinski definition) is 1. The van der Waals surface area contributed by atoms with E-state index in [1.807, 2.05) is 61.5 Å². The third-order valence-corrected chi connectivity index (χ3v) is 4.59. The van der Waals surface area contributed by atoms with Gasteiger partial charge in [0.25, 0.3) is 0 Å². The molecule has 0 spiro atoms. The van der Waals surface area contributed by atoms with Gasteiger partial charge in [0.15, 0.2) is 0 Å². The maximum Gasteiger partial charge on any atom is 0.233 e. The van der Waals surface area contributed by atoms with E-state index in [9.17, 15) is 4.79 Å². The van der Waals surface area contributed by atoms with Crippen molar-refractivity contribution in [3.63, 3.8) is 0 Å². The number of carbonyl (C=O) groups excluding carboxylic acids is 1. The molecule has 0 aliphatic rings. The summed E-state index contributed by atoms with van der Waals surface area (Å²) in [5, 5.41) is 4.55. The topological polar surface area (TPSA) is 54.9 Å². The van der Waals surface area contributed by atoms with Crippen LogP contribution in [0, 0.1) is 0 Å². The number of aromatic nitrogens is 2. The summed E-state index contributed by atoms with van der Waals surface area (Å²) in [6.45, 7) is 2.43. The third kappa shape index (κ3) is 3.87. The number of fused-ring (bicyclic) bond motifs is 1. The number of carbonyl (C=O) groups is 1. The molecule has 0 aliphatic heterocycles. The fraction of sp³-hybridized carbons (Fsp3) is 0.167. The molecule has 0 unspecified atom stereocenters. The summed E-state index contributed by atoms with van der Waals surface area (Å²) in [5.74, 6) is 0.00143. The zero-order chi connectivity index (χ0) is 16.1. The molecule has 1 aromatic heterocycles. The maximum absolute atomic E-state index is 12.3. The van der Waals surface area contributed by atoms with Crippen LogP contribution in [-0.2, 0) is 11.3 Å². The number of nitrogens with zero attached hydrogens (tertiary/aromatic N) is 2. The molecule has 23 heavy (non-hydrogen) atoms. The number of nitrogens with one attached hydrogen (secondary N) is 1. The van der Waals surface area contributed by atoms with Gasteiger partial charge in [-0.05, 0) is 18.6 Å². The molecule has 1 N–H and O–H groups in total. The van der Waals surface area contributed by atoms with E-state index in [2.05, 4.69) is 15.3 Å². The molecule has 0 saturated carbocycles. The lowest BCUT2D eigenvalue weighted by Gasteiger charge is -2.12. The van der Waals surface area contributed by atoms with E-state index in [1.165, 1.54) is 11.8 Å². The van der Waals surface area contributed by atoms with Gasteiger partial charge in [0, 0.05) is 11.9 Å². The predicted molar refractivity (Wildman–Crippen MR) is 93.1 cm³/mol. The first-order valence-electron chi connectivity index (χ1n) is 7.42. The van der Waals surface area contributed by atoms with Crippen LogP contribution in [0.15, 0.2) is 66.0 Å². The Kier molecular flexibility index (Phi) is 4.88. The Morgan fingerprint density at radius 3 is 2.65 bits per heavy atom. The molecule has 2 aromatic carbocycles.